The lowest BCUT2D eigenvalue weighted by Gasteiger charge is -2.00. The van der Waals surface area contributed by atoms with Gasteiger partial charge in [-0.05, 0) is 38.0 Å². The number of hydrogen-bond donors (Lipinski definition) is 2. The summed E-state index contributed by atoms with van der Waals surface area (Å²) < 4.78 is 0. The number of fused-ring (bicyclic) bond motifs is 1. The zero-order chi connectivity index (χ0) is 17.4. The number of nitrogens with one attached hydrogen (secondary N) is 2. The molecule has 1 saturated carbocycles. The first-order chi connectivity index (χ1) is 11.7. The molecule has 2 N–H and O–H groups in total. The van der Waals surface area contributed by atoms with Gasteiger partial charge in [0.1, 0.15) is 5.82 Å². The summed E-state index contributed by atoms with van der Waals surface area (Å²) in [5.74, 6) is 0.995. The lowest BCUT2D eigenvalue weighted by Crippen LogP contribution is -2.13. The minimum Gasteiger partial charge on any atom is -0.310 e. The molecule has 5 heteroatoms. The number of amides is 1. The highest BCUT2D eigenvalue weighted by Gasteiger charge is 2.29. The predicted molar refractivity (Wildman–Crippen MR) is 97.8 cm³/mol. The first-order valence-electron chi connectivity index (χ1n) is 8.35. The summed E-state index contributed by atoms with van der Waals surface area (Å²) >= 11 is 0. The standard InChI is InChI=1S/C9H10N2O.C8H8N2.C2H6/c12-9(7-4-5-7)11-8-3-1-2-6-10-8;1-6-7-4-2-3-5-8(7)10-9-6;1-2/h1-3,6-7H,4-5H2,(H,10,11,12);2-5H,1H3,(H,9,10);1-2H3. The van der Waals surface area contributed by atoms with Gasteiger partial charge >= 0.3 is 0 Å². The van der Waals surface area contributed by atoms with Gasteiger partial charge in [-0.25, -0.2) is 4.98 Å². The van der Waals surface area contributed by atoms with Crippen LogP contribution in [0.5, 0.6) is 0 Å². The molecule has 1 fully saturated rings. The maximum Gasteiger partial charge on any atom is 0.228 e. The molecule has 4 rings (SSSR count). The Bertz CT molecular complexity index is 763. The fourth-order valence-electron chi connectivity index (χ4n) is 2.10. The van der Waals surface area contributed by atoms with E-state index in [-0.39, 0.29) is 11.8 Å². The Hall–Kier alpha value is -2.69. The van der Waals surface area contributed by atoms with Crippen molar-refractivity contribution >= 4 is 22.6 Å². The number of nitrogens with zero attached hydrogens (tertiary/aromatic N) is 2. The van der Waals surface area contributed by atoms with Gasteiger partial charge in [0.25, 0.3) is 0 Å². The second-order valence-corrected chi connectivity index (χ2v) is 5.34. The first kappa shape index (κ1) is 17.7. The summed E-state index contributed by atoms with van der Waals surface area (Å²) in [4.78, 5) is 15.2. The predicted octanol–water partition coefficient (Wildman–Crippen LogP) is 4.33. The smallest absolute Gasteiger partial charge is 0.228 e. The molecule has 0 spiro atoms. The van der Waals surface area contributed by atoms with Crippen molar-refractivity contribution in [3.05, 3.63) is 54.4 Å². The monoisotopic (exact) mass is 324 g/mol. The van der Waals surface area contributed by atoms with Gasteiger partial charge in [0, 0.05) is 23.2 Å². The molecule has 1 aliphatic carbocycles. The number of para-hydroxylation sites is 1. The third kappa shape index (κ3) is 4.91. The molecular weight excluding hydrogens is 300 g/mol. The fourth-order valence-corrected chi connectivity index (χ4v) is 2.10. The highest BCUT2D eigenvalue weighted by Crippen LogP contribution is 2.29. The van der Waals surface area contributed by atoms with Crippen LogP contribution < -0.4 is 5.32 Å². The molecule has 3 aromatic rings. The Kier molecular flexibility index (Phi) is 6.49. The van der Waals surface area contributed by atoms with Crippen LogP contribution in [-0.2, 0) is 4.79 Å². The van der Waals surface area contributed by atoms with E-state index in [4.69, 9.17) is 0 Å². The number of aromatic nitrogens is 3. The number of carbonyl (C=O) groups excluding carboxylic acids is 1. The van der Waals surface area contributed by atoms with E-state index in [1.807, 2.05) is 51.1 Å². The minimum absolute atomic E-state index is 0.105. The van der Waals surface area contributed by atoms with Gasteiger partial charge in [-0.3, -0.25) is 9.89 Å². The highest BCUT2D eigenvalue weighted by molar-refractivity contribution is 5.93. The van der Waals surface area contributed by atoms with Crippen molar-refractivity contribution in [2.75, 3.05) is 5.32 Å². The molecule has 126 valence electrons. The van der Waals surface area contributed by atoms with Crippen molar-refractivity contribution < 1.29 is 4.79 Å². The second kappa shape index (κ2) is 8.82. The molecule has 5 nitrogen and oxygen atoms in total. The van der Waals surface area contributed by atoms with E-state index < -0.39 is 0 Å². The third-order valence-corrected chi connectivity index (χ3v) is 3.52. The zero-order valence-corrected chi connectivity index (χ0v) is 14.4. The Labute approximate surface area is 142 Å². The van der Waals surface area contributed by atoms with E-state index in [9.17, 15) is 4.79 Å². The molecule has 0 atom stereocenters. The molecule has 0 bridgehead atoms. The molecule has 0 radical (unpaired) electrons. The quantitative estimate of drug-likeness (QED) is 0.737. The normalized spacial score (nSPS) is 12.5. The van der Waals surface area contributed by atoms with Crippen molar-refractivity contribution in [3.63, 3.8) is 0 Å². The van der Waals surface area contributed by atoms with Crippen LogP contribution in [0.1, 0.15) is 32.4 Å². The van der Waals surface area contributed by atoms with Crippen LogP contribution in [0, 0.1) is 12.8 Å². The summed E-state index contributed by atoms with van der Waals surface area (Å²) in [6.45, 7) is 6.02. The van der Waals surface area contributed by atoms with E-state index in [0.29, 0.717) is 5.82 Å². The van der Waals surface area contributed by atoms with Crippen LogP contribution in [-0.4, -0.2) is 21.1 Å². The summed E-state index contributed by atoms with van der Waals surface area (Å²) in [7, 11) is 0. The largest absolute Gasteiger partial charge is 0.310 e. The number of aromatic amines is 1. The van der Waals surface area contributed by atoms with Gasteiger partial charge in [-0.1, -0.05) is 38.1 Å². The minimum atomic E-state index is 0.105. The Morgan fingerprint density at radius 3 is 2.46 bits per heavy atom. The number of anilines is 1. The molecule has 0 unspecified atom stereocenters. The van der Waals surface area contributed by atoms with E-state index in [1.165, 1.54) is 5.39 Å². The zero-order valence-electron chi connectivity index (χ0n) is 14.4. The summed E-state index contributed by atoms with van der Waals surface area (Å²) in [5.41, 5.74) is 2.18. The topological polar surface area (TPSA) is 70.7 Å². The SMILES string of the molecule is CC.Cc1[nH]nc2ccccc12.O=C(Nc1ccccn1)C1CC1. The number of pyridine rings is 1. The summed E-state index contributed by atoms with van der Waals surface area (Å²) in [5, 5.41) is 11.0. The van der Waals surface area contributed by atoms with E-state index in [0.717, 1.165) is 24.1 Å². The maximum absolute atomic E-state index is 11.2. The number of hydrogen-bond acceptors (Lipinski definition) is 3. The van der Waals surface area contributed by atoms with Crippen LogP contribution in [0.25, 0.3) is 10.9 Å². The summed E-state index contributed by atoms with van der Waals surface area (Å²) in [6, 6.07) is 13.5. The van der Waals surface area contributed by atoms with Crippen LogP contribution in [0.2, 0.25) is 0 Å². The Morgan fingerprint density at radius 1 is 1.12 bits per heavy atom. The van der Waals surface area contributed by atoms with Gasteiger partial charge in [-0.2, -0.15) is 5.10 Å². The molecule has 2 aromatic heterocycles. The van der Waals surface area contributed by atoms with Crippen molar-refractivity contribution in [3.8, 4) is 0 Å². The average molecular weight is 324 g/mol. The lowest BCUT2D eigenvalue weighted by atomic mass is 10.2. The van der Waals surface area contributed by atoms with Crippen molar-refractivity contribution in [2.24, 2.45) is 5.92 Å². The van der Waals surface area contributed by atoms with E-state index in [1.54, 1.807) is 12.3 Å². The highest BCUT2D eigenvalue weighted by atomic mass is 16.2. The number of H-pyrrole nitrogens is 1. The van der Waals surface area contributed by atoms with E-state index in [2.05, 4.69) is 26.6 Å². The van der Waals surface area contributed by atoms with Crippen LogP contribution in [0.15, 0.2) is 48.7 Å². The Balaban J connectivity index is 0.000000160. The van der Waals surface area contributed by atoms with Gasteiger partial charge in [0.05, 0.1) is 5.52 Å². The number of carbonyl (C=O) groups is 1. The third-order valence-electron chi connectivity index (χ3n) is 3.52. The number of rotatable bonds is 2. The molecule has 1 amide bonds. The van der Waals surface area contributed by atoms with Crippen molar-refractivity contribution in [1.82, 2.24) is 15.2 Å². The van der Waals surface area contributed by atoms with Crippen LogP contribution in [0.4, 0.5) is 5.82 Å². The second-order valence-electron chi connectivity index (χ2n) is 5.34. The van der Waals surface area contributed by atoms with Gasteiger partial charge in [0.2, 0.25) is 5.91 Å². The molecule has 0 aliphatic heterocycles. The first-order valence-corrected chi connectivity index (χ1v) is 8.35. The average Bonchev–Trinajstić information content (AvgIpc) is 3.43. The Morgan fingerprint density at radius 2 is 1.83 bits per heavy atom. The van der Waals surface area contributed by atoms with Gasteiger partial charge in [0.15, 0.2) is 0 Å². The molecule has 1 aliphatic rings. The van der Waals surface area contributed by atoms with Gasteiger partial charge < -0.3 is 5.32 Å². The maximum atomic E-state index is 11.2. The van der Waals surface area contributed by atoms with Crippen LogP contribution in [0.3, 0.4) is 0 Å². The van der Waals surface area contributed by atoms with E-state index >= 15 is 0 Å². The molecule has 1 aromatic carbocycles. The van der Waals surface area contributed by atoms with Crippen molar-refractivity contribution in [1.29, 1.82) is 0 Å². The molecule has 0 saturated heterocycles. The fraction of sp³-hybridized carbons (Fsp3) is 0.316. The van der Waals surface area contributed by atoms with Crippen molar-refractivity contribution in [2.45, 2.75) is 33.6 Å². The summed E-state index contributed by atoms with van der Waals surface area (Å²) in [6.07, 6.45) is 3.72. The lowest BCUT2D eigenvalue weighted by molar-refractivity contribution is -0.117. The van der Waals surface area contributed by atoms with Gasteiger partial charge in [-0.15, -0.1) is 0 Å². The number of aryl methyl sites for hydroxylation is 1. The van der Waals surface area contributed by atoms with Crippen LogP contribution >= 0.6 is 0 Å². The molecule has 24 heavy (non-hydrogen) atoms. The molecule has 2 heterocycles. The number of benzene rings is 1. The molecular formula is C19H24N4O.